The van der Waals surface area contributed by atoms with E-state index in [0.29, 0.717) is 11.5 Å². The molecule has 5 nitrogen and oxygen atoms in total. The van der Waals surface area contributed by atoms with Crippen LogP contribution in [0.4, 0.5) is 11.4 Å². The second-order valence-corrected chi connectivity index (χ2v) is 13.8. The van der Waals surface area contributed by atoms with E-state index in [9.17, 15) is 5.41 Å². The van der Waals surface area contributed by atoms with Crippen molar-refractivity contribution < 1.29 is 25.8 Å². The number of hydrogen-bond donors (Lipinski definition) is 0. The van der Waals surface area contributed by atoms with Gasteiger partial charge in [-0.2, -0.15) is 6.07 Å². The van der Waals surface area contributed by atoms with E-state index >= 15 is 0 Å². The van der Waals surface area contributed by atoms with Gasteiger partial charge in [0.05, 0.1) is 11.4 Å². The first kappa shape index (κ1) is 35.0. The van der Waals surface area contributed by atoms with E-state index in [-0.39, 0.29) is 39.2 Å². The number of aliphatic imine (C=N–C) groups is 1. The molecule has 0 radical (unpaired) electrons. The third-order valence-electron chi connectivity index (χ3n) is 9.40. The first-order chi connectivity index (χ1) is 24.8. The monoisotopic (exact) mass is 854 g/mol. The van der Waals surface area contributed by atoms with Crippen molar-refractivity contribution in [3.8, 4) is 11.5 Å². The SMILES string of the molecule is C/C=C\C(=C/C(=[N-])n1c2[c-]c(Oc3[c-]c(C4=Nc5ccccc5N5C=CC=CB5c5ccccc54)ccc3)ccc2c2ccccc21)C(C)(C)C.[Pt]. The summed E-state index contributed by atoms with van der Waals surface area (Å²) in [6.07, 6.45) is 12.2. The number of anilines is 1. The number of hydrogen-bond acceptors (Lipinski definition) is 3. The number of ether oxygens (including phenoxy) is 1. The summed E-state index contributed by atoms with van der Waals surface area (Å²) in [6.45, 7) is 8.42. The molecular weight excluding hydrogens is 818 g/mol. The second-order valence-electron chi connectivity index (χ2n) is 13.8. The van der Waals surface area contributed by atoms with Crippen LogP contribution in [0.5, 0.6) is 11.5 Å². The van der Waals surface area contributed by atoms with Gasteiger partial charge in [0.15, 0.2) is 0 Å². The van der Waals surface area contributed by atoms with Crippen molar-refractivity contribution in [3.63, 3.8) is 0 Å². The Bertz CT molecular complexity index is 2500. The third kappa shape index (κ3) is 6.44. The van der Waals surface area contributed by atoms with Gasteiger partial charge in [-0.05, 0) is 59.1 Å². The predicted octanol–water partition coefficient (Wildman–Crippen LogP) is 10.4. The van der Waals surface area contributed by atoms with Crippen molar-refractivity contribution in [2.45, 2.75) is 27.7 Å². The fraction of sp³-hybridized carbons (Fsp3) is 0.111. The molecule has 0 atom stereocenters. The summed E-state index contributed by atoms with van der Waals surface area (Å²) in [6, 6.07) is 41.6. The molecule has 5 aromatic carbocycles. The average molecular weight is 855 g/mol. The van der Waals surface area contributed by atoms with Crippen molar-refractivity contribution >= 4 is 57.0 Å². The Balaban J connectivity index is 0.00000420. The van der Waals surface area contributed by atoms with Crippen LogP contribution in [0.15, 0.2) is 156 Å². The molecule has 0 aliphatic carbocycles. The van der Waals surface area contributed by atoms with Gasteiger partial charge in [-0.3, -0.25) is 4.99 Å². The molecule has 0 fully saturated rings. The minimum atomic E-state index is -0.162. The minimum absolute atomic E-state index is 0. The zero-order chi connectivity index (χ0) is 35.1. The van der Waals surface area contributed by atoms with Gasteiger partial charge in [-0.1, -0.05) is 134 Å². The Morgan fingerprint density at radius 1 is 0.827 bits per heavy atom. The number of fused-ring (bicyclic) bond motifs is 8. The molecule has 0 saturated heterocycles. The van der Waals surface area contributed by atoms with Crippen LogP contribution in [0, 0.1) is 17.5 Å². The number of nitrogens with zero attached hydrogens (tertiary/aromatic N) is 4. The standard InChI is InChI=1S/C45H36BN4O.Pt/c1-5-15-32(45(2,3)4)29-43(47)50-40-22-10-7-18-35(40)36-25-24-34(30-42(36)50)51-33-17-14-16-31(28-33)44-37-19-6-8-20-38(37)46-26-12-13-27-49(46)41-23-11-9-21-39(41)48-44;/h5-27,29H,1-4H3;/q-3;/b15-5-,32-29+,48-44?;. The summed E-state index contributed by atoms with van der Waals surface area (Å²) < 4.78 is 8.35. The van der Waals surface area contributed by atoms with E-state index in [1.807, 2.05) is 84.3 Å². The van der Waals surface area contributed by atoms with E-state index in [1.54, 1.807) is 0 Å². The number of aromatic nitrogens is 1. The smallest absolute Gasteiger partial charge is 0.320 e. The summed E-state index contributed by atoms with van der Waals surface area (Å²) in [5.74, 6) is 3.40. The van der Waals surface area contributed by atoms with E-state index in [1.165, 1.54) is 0 Å². The van der Waals surface area contributed by atoms with Crippen LogP contribution < -0.4 is 15.0 Å². The second kappa shape index (κ2) is 14.3. The van der Waals surface area contributed by atoms with Gasteiger partial charge >= 0.3 is 6.85 Å². The average Bonchev–Trinajstić information content (AvgIpc) is 3.46. The van der Waals surface area contributed by atoms with Crippen molar-refractivity contribution in [1.82, 2.24) is 4.57 Å². The Labute approximate surface area is 320 Å². The molecule has 2 aliphatic heterocycles. The summed E-state index contributed by atoms with van der Waals surface area (Å²) >= 11 is 0. The Kier molecular flexibility index (Phi) is 9.61. The van der Waals surface area contributed by atoms with Gasteiger partial charge in [0.1, 0.15) is 0 Å². The van der Waals surface area contributed by atoms with Gasteiger partial charge in [-0.25, -0.2) is 0 Å². The summed E-state index contributed by atoms with van der Waals surface area (Å²) in [5, 5.41) is 13.7. The van der Waals surface area contributed by atoms with Crippen LogP contribution in [0.1, 0.15) is 38.8 Å². The van der Waals surface area contributed by atoms with Crippen LogP contribution in [-0.4, -0.2) is 23.0 Å². The molecule has 0 unspecified atom stereocenters. The molecule has 1 aromatic heterocycles. The first-order valence-electron chi connectivity index (χ1n) is 17.3. The third-order valence-corrected chi connectivity index (χ3v) is 9.40. The Morgan fingerprint density at radius 3 is 2.44 bits per heavy atom. The van der Waals surface area contributed by atoms with Gasteiger partial charge in [-0.15, -0.1) is 46.8 Å². The van der Waals surface area contributed by atoms with E-state index in [2.05, 4.69) is 111 Å². The molecule has 0 amide bonds. The van der Waals surface area contributed by atoms with Crippen LogP contribution in [-0.2, 0) is 21.1 Å². The molecule has 6 aromatic rings. The maximum absolute atomic E-state index is 11.7. The molecule has 0 bridgehead atoms. The summed E-state index contributed by atoms with van der Waals surface area (Å²) in [7, 11) is 0. The van der Waals surface area contributed by atoms with Crippen molar-refractivity contribution in [2.24, 2.45) is 10.4 Å². The minimum Gasteiger partial charge on any atom is -0.503 e. The van der Waals surface area contributed by atoms with Crippen molar-refractivity contribution in [2.75, 3.05) is 4.81 Å². The number of para-hydroxylation sites is 3. The van der Waals surface area contributed by atoms with Gasteiger partial charge < -0.3 is 19.5 Å². The van der Waals surface area contributed by atoms with E-state index in [0.717, 1.165) is 61.1 Å². The van der Waals surface area contributed by atoms with Crippen LogP contribution >= 0.6 is 0 Å². The molecule has 3 heterocycles. The molecule has 0 spiro atoms. The van der Waals surface area contributed by atoms with Gasteiger partial charge in [0.2, 0.25) is 0 Å². The maximum Gasteiger partial charge on any atom is 0.320 e. The van der Waals surface area contributed by atoms with Crippen LogP contribution in [0.25, 0.3) is 27.2 Å². The topological polar surface area (TPSA) is 52.1 Å². The molecule has 8 rings (SSSR count). The van der Waals surface area contributed by atoms with Crippen molar-refractivity contribution in [1.29, 1.82) is 0 Å². The van der Waals surface area contributed by atoms with Gasteiger partial charge in [0, 0.05) is 32.6 Å². The normalized spacial score (nSPS) is 14.0. The quantitative estimate of drug-likeness (QED) is 0.0570. The number of rotatable bonds is 5. The largest absolute Gasteiger partial charge is 0.503 e. The molecule has 52 heavy (non-hydrogen) atoms. The molecule has 0 N–H and O–H groups in total. The maximum atomic E-state index is 11.7. The molecule has 2 aliphatic rings. The zero-order valence-electron chi connectivity index (χ0n) is 29.4. The fourth-order valence-electron chi connectivity index (χ4n) is 6.95. The van der Waals surface area contributed by atoms with E-state index in [4.69, 9.17) is 9.73 Å². The van der Waals surface area contributed by atoms with Crippen molar-refractivity contribution in [3.05, 3.63) is 180 Å². The summed E-state index contributed by atoms with van der Waals surface area (Å²) in [5.41, 5.74) is 8.23. The number of benzene rings is 5. The van der Waals surface area contributed by atoms with Crippen LogP contribution in [0.2, 0.25) is 0 Å². The zero-order valence-corrected chi connectivity index (χ0v) is 31.7. The Morgan fingerprint density at radius 2 is 1.60 bits per heavy atom. The predicted molar refractivity (Wildman–Crippen MR) is 214 cm³/mol. The molecule has 0 saturated carbocycles. The summed E-state index contributed by atoms with van der Waals surface area (Å²) in [4.78, 5) is 7.55. The molecule has 7 heteroatoms. The molecular formula is C45H36BN4OPt-3. The molecule has 258 valence electrons. The Hall–Kier alpha value is -5.45. The van der Waals surface area contributed by atoms with E-state index < -0.39 is 0 Å². The number of allylic oxidation sites excluding steroid dienone is 6. The van der Waals surface area contributed by atoms with Gasteiger partial charge in [0.25, 0.3) is 0 Å². The fourth-order valence-corrected chi connectivity index (χ4v) is 6.95. The first-order valence-corrected chi connectivity index (χ1v) is 17.3. The van der Waals surface area contributed by atoms with Crippen LogP contribution in [0.3, 0.4) is 0 Å².